The molecule has 0 N–H and O–H groups in total. The van der Waals surface area contributed by atoms with Crippen LogP contribution >= 0.6 is 11.8 Å². The largest absolute Gasteiger partial charge is 0.494 e. The fraction of sp³-hybridized carbons (Fsp3) is 0.318. The van der Waals surface area contributed by atoms with Crippen LogP contribution in [0.3, 0.4) is 0 Å². The molecule has 0 radical (unpaired) electrons. The molecule has 0 aliphatic rings. The van der Waals surface area contributed by atoms with E-state index in [2.05, 4.69) is 34.4 Å². The molecule has 0 saturated carbocycles. The van der Waals surface area contributed by atoms with Crippen molar-refractivity contribution in [3.05, 3.63) is 71.5 Å². The van der Waals surface area contributed by atoms with E-state index < -0.39 is 0 Å². The molecule has 6 heteroatoms. The molecule has 3 aromatic rings. The van der Waals surface area contributed by atoms with Crippen molar-refractivity contribution in [1.82, 2.24) is 14.9 Å². The summed E-state index contributed by atoms with van der Waals surface area (Å²) in [6.45, 7) is 4.87. The number of rotatable bonds is 10. The number of hydrogen-bond donors (Lipinski definition) is 0. The van der Waals surface area contributed by atoms with Crippen molar-refractivity contribution in [1.29, 1.82) is 0 Å². The molecule has 0 aliphatic heterocycles. The maximum atomic E-state index is 5.75. The van der Waals surface area contributed by atoms with Gasteiger partial charge in [0.15, 0.2) is 5.82 Å². The average molecular weight is 395 g/mol. The zero-order valence-corrected chi connectivity index (χ0v) is 17.2. The van der Waals surface area contributed by atoms with Gasteiger partial charge in [-0.15, -0.1) is 10.2 Å². The lowest BCUT2D eigenvalue weighted by molar-refractivity contribution is 0.306. The summed E-state index contributed by atoms with van der Waals surface area (Å²) in [7, 11) is 0. The summed E-state index contributed by atoms with van der Waals surface area (Å²) in [5, 5.41) is 13.8. The number of unbranched alkanes of at least 4 members (excludes halogenated alkanes) is 2. The minimum atomic E-state index is 0.766. The molecule has 5 nitrogen and oxygen atoms in total. The predicted molar refractivity (Wildman–Crippen MR) is 115 cm³/mol. The smallest absolute Gasteiger partial charge is 0.212 e. The summed E-state index contributed by atoms with van der Waals surface area (Å²) in [5.41, 5.74) is 2.26. The van der Waals surface area contributed by atoms with Crippen LogP contribution in [-0.4, -0.2) is 27.7 Å². The van der Waals surface area contributed by atoms with E-state index in [-0.39, 0.29) is 0 Å². The third-order valence-electron chi connectivity index (χ3n) is 4.20. The Labute approximate surface area is 170 Å². The monoisotopic (exact) mass is 394 g/mol. The van der Waals surface area contributed by atoms with E-state index in [4.69, 9.17) is 4.74 Å². The molecule has 0 bridgehead atoms. The van der Waals surface area contributed by atoms with Crippen LogP contribution in [0.4, 0.5) is 0 Å². The van der Waals surface area contributed by atoms with Crippen LogP contribution in [0, 0.1) is 6.92 Å². The predicted octanol–water partition coefficient (Wildman–Crippen LogP) is 5.33. The summed E-state index contributed by atoms with van der Waals surface area (Å²) in [6, 6.07) is 18.3. The lowest BCUT2D eigenvalue weighted by Gasteiger charge is -2.06. The molecule has 0 fully saturated rings. The number of nitrogens with zero attached hydrogens (tertiary/aromatic N) is 4. The molecule has 0 spiro atoms. The van der Waals surface area contributed by atoms with Gasteiger partial charge in [0.1, 0.15) is 5.75 Å². The maximum absolute atomic E-state index is 5.75. The van der Waals surface area contributed by atoms with Crippen LogP contribution in [0.15, 0.2) is 64.9 Å². The van der Waals surface area contributed by atoms with Gasteiger partial charge >= 0.3 is 0 Å². The number of aryl methyl sites for hydroxylation is 1. The molecule has 1 heterocycles. The fourth-order valence-electron chi connectivity index (χ4n) is 2.60. The number of benzene rings is 2. The van der Waals surface area contributed by atoms with Crippen molar-refractivity contribution in [2.45, 2.75) is 44.0 Å². The van der Waals surface area contributed by atoms with Crippen LogP contribution in [-0.2, 0) is 5.75 Å². The van der Waals surface area contributed by atoms with Crippen LogP contribution in [0.25, 0.3) is 0 Å². The molecule has 28 heavy (non-hydrogen) atoms. The maximum Gasteiger partial charge on any atom is 0.212 e. The Hall–Kier alpha value is -2.60. The van der Waals surface area contributed by atoms with Crippen molar-refractivity contribution in [2.75, 3.05) is 6.61 Å². The number of ether oxygens (including phenoxy) is 1. The fourth-order valence-corrected chi connectivity index (χ4v) is 3.49. The third kappa shape index (κ3) is 5.96. The van der Waals surface area contributed by atoms with Gasteiger partial charge in [0, 0.05) is 5.75 Å². The summed E-state index contributed by atoms with van der Waals surface area (Å²) >= 11 is 1.63. The SMILES string of the molecule is CCCCCOc1ccc(/C=N\n2c(C)nnc2SCc2ccccc2)cc1. The molecular formula is C22H26N4OS. The highest BCUT2D eigenvalue weighted by atomic mass is 32.2. The van der Waals surface area contributed by atoms with Gasteiger partial charge < -0.3 is 4.74 Å². The van der Waals surface area contributed by atoms with Crippen molar-refractivity contribution in [2.24, 2.45) is 5.10 Å². The Morgan fingerprint density at radius 3 is 2.57 bits per heavy atom. The Kier molecular flexibility index (Phi) is 7.67. The van der Waals surface area contributed by atoms with Crippen molar-refractivity contribution < 1.29 is 4.74 Å². The molecule has 0 unspecified atom stereocenters. The topological polar surface area (TPSA) is 52.3 Å². The highest BCUT2D eigenvalue weighted by Gasteiger charge is 2.08. The first-order valence-electron chi connectivity index (χ1n) is 9.62. The highest BCUT2D eigenvalue weighted by Crippen LogP contribution is 2.21. The quantitative estimate of drug-likeness (QED) is 0.265. The molecular weight excluding hydrogens is 368 g/mol. The van der Waals surface area contributed by atoms with Gasteiger partial charge in [-0.3, -0.25) is 0 Å². The molecule has 2 aromatic carbocycles. The van der Waals surface area contributed by atoms with Gasteiger partial charge in [-0.2, -0.15) is 9.78 Å². The second-order valence-electron chi connectivity index (χ2n) is 6.49. The van der Waals surface area contributed by atoms with Gasteiger partial charge in [0.25, 0.3) is 0 Å². The van der Waals surface area contributed by atoms with Crippen molar-refractivity contribution in [3.63, 3.8) is 0 Å². The summed E-state index contributed by atoms with van der Waals surface area (Å²) in [5.74, 6) is 2.49. The summed E-state index contributed by atoms with van der Waals surface area (Å²) in [6.07, 6.45) is 5.32. The Morgan fingerprint density at radius 2 is 1.82 bits per heavy atom. The average Bonchev–Trinajstić information content (AvgIpc) is 3.09. The first-order chi connectivity index (χ1) is 13.8. The lowest BCUT2D eigenvalue weighted by atomic mass is 10.2. The molecule has 0 aliphatic carbocycles. The Bertz CT molecular complexity index is 875. The van der Waals surface area contributed by atoms with Crippen LogP contribution in [0.1, 0.15) is 43.1 Å². The molecule has 0 amide bonds. The first-order valence-corrected chi connectivity index (χ1v) is 10.6. The van der Waals surface area contributed by atoms with E-state index in [0.29, 0.717) is 0 Å². The van der Waals surface area contributed by atoms with E-state index in [1.165, 1.54) is 18.4 Å². The standard InChI is InChI=1S/C22H26N4OS/c1-3-4-8-15-27-21-13-11-19(12-14-21)16-23-26-18(2)24-25-22(26)28-17-20-9-6-5-7-10-20/h5-7,9-14,16H,3-4,8,15,17H2,1-2H3/b23-16-. The lowest BCUT2D eigenvalue weighted by Crippen LogP contribution is -1.98. The van der Waals surface area contributed by atoms with Gasteiger partial charge in [-0.1, -0.05) is 61.9 Å². The molecule has 0 atom stereocenters. The van der Waals surface area contributed by atoms with E-state index in [1.807, 2.05) is 55.6 Å². The van der Waals surface area contributed by atoms with Crippen LogP contribution in [0.5, 0.6) is 5.75 Å². The van der Waals surface area contributed by atoms with Gasteiger partial charge in [-0.25, -0.2) is 0 Å². The zero-order chi connectivity index (χ0) is 19.6. The van der Waals surface area contributed by atoms with E-state index >= 15 is 0 Å². The molecule has 3 rings (SSSR count). The number of hydrogen-bond acceptors (Lipinski definition) is 5. The second kappa shape index (κ2) is 10.7. The number of aromatic nitrogens is 3. The normalized spacial score (nSPS) is 11.2. The molecule has 1 aromatic heterocycles. The van der Waals surface area contributed by atoms with Gasteiger partial charge in [0.2, 0.25) is 5.16 Å². The van der Waals surface area contributed by atoms with E-state index in [9.17, 15) is 0 Å². The van der Waals surface area contributed by atoms with E-state index in [0.717, 1.165) is 41.1 Å². The first kappa shape index (κ1) is 20.1. The summed E-state index contributed by atoms with van der Waals surface area (Å²) in [4.78, 5) is 0. The summed E-state index contributed by atoms with van der Waals surface area (Å²) < 4.78 is 7.53. The minimum absolute atomic E-state index is 0.766. The Morgan fingerprint density at radius 1 is 1.04 bits per heavy atom. The highest BCUT2D eigenvalue weighted by molar-refractivity contribution is 7.98. The van der Waals surface area contributed by atoms with Crippen molar-refractivity contribution >= 4 is 18.0 Å². The van der Waals surface area contributed by atoms with Crippen molar-refractivity contribution in [3.8, 4) is 5.75 Å². The van der Waals surface area contributed by atoms with Gasteiger partial charge in [0.05, 0.1) is 12.8 Å². The van der Waals surface area contributed by atoms with Crippen LogP contribution < -0.4 is 4.74 Å². The third-order valence-corrected chi connectivity index (χ3v) is 5.19. The van der Waals surface area contributed by atoms with E-state index in [1.54, 1.807) is 16.4 Å². The second-order valence-corrected chi connectivity index (χ2v) is 7.43. The van der Waals surface area contributed by atoms with Gasteiger partial charge in [-0.05, 0) is 48.7 Å². The Balaban J connectivity index is 1.60. The zero-order valence-electron chi connectivity index (χ0n) is 16.4. The van der Waals surface area contributed by atoms with Crippen LogP contribution in [0.2, 0.25) is 0 Å². The molecule has 146 valence electrons. The number of thioether (sulfide) groups is 1. The minimum Gasteiger partial charge on any atom is -0.494 e. The molecule has 0 saturated heterocycles.